The smallest absolute Gasteiger partial charge is 0.0345 e. The molecule has 2 heteroatoms. The lowest BCUT2D eigenvalue weighted by atomic mass is 9.97. The number of aryl methyl sites for hydroxylation is 1. The molecule has 0 aliphatic rings. The molecule has 1 atom stereocenters. The fraction of sp³-hybridized carbons (Fsp3) is 0.222. The Morgan fingerprint density at radius 2 is 1.65 bits per heavy atom. The molecule has 20 heavy (non-hydrogen) atoms. The van der Waals surface area contributed by atoms with Gasteiger partial charge in [-0.15, -0.1) is 11.3 Å². The first-order valence-electron chi connectivity index (χ1n) is 6.99. The molecule has 0 saturated carbocycles. The van der Waals surface area contributed by atoms with Gasteiger partial charge in [-0.25, -0.2) is 0 Å². The van der Waals surface area contributed by atoms with Gasteiger partial charge in [0.2, 0.25) is 0 Å². The van der Waals surface area contributed by atoms with Gasteiger partial charge >= 0.3 is 0 Å². The molecule has 1 aromatic heterocycles. The lowest BCUT2D eigenvalue weighted by Crippen LogP contribution is -2.25. The van der Waals surface area contributed by atoms with Crippen LogP contribution in [0.1, 0.15) is 16.7 Å². The van der Waals surface area contributed by atoms with Gasteiger partial charge in [0.1, 0.15) is 0 Å². The van der Waals surface area contributed by atoms with Gasteiger partial charge < -0.3 is 5.73 Å². The van der Waals surface area contributed by atoms with E-state index in [1.54, 1.807) is 0 Å². The summed E-state index contributed by atoms with van der Waals surface area (Å²) < 4.78 is 1.35. The molecule has 2 N–H and O–H groups in total. The van der Waals surface area contributed by atoms with Gasteiger partial charge in [0.05, 0.1) is 0 Å². The Labute approximate surface area is 124 Å². The van der Waals surface area contributed by atoms with E-state index in [9.17, 15) is 0 Å². The van der Waals surface area contributed by atoms with Crippen molar-refractivity contribution in [3.63, 3.8) is 0 Å². The molecule has 3 aromatic rings. The number of hydrogen-bond acceptors (Lipinski definition) is 2. The van der Waals surface area contributed by atoms with Crippen molar-refractivity contribution in [2.45, 2.75) is 25.8 Å². The summed E-state index contributed by atoms with van der Waals surface area (Å²) in [6.07, 6.45) is 1.88. The van der Waals surface area contributed by atoms with Crippen molar-refractivity contribution < 1.29 is 0 Å². The molecule has 0 radical (unpaired) electrons. The maximum atomic E-state index is 6.36. The number of benzene rings is 2. The highest BCUT2D eigenvalue weighted by Crippen LogP contribution is 2.26. The van der Waals surface area contributed by atoms with Gasteiger partial charge in [0, 0.05) is 10.7 Å². The highest BCUT2D eigenvalue weighted by atomic mass is 32.1. The van der Waals surface area contributed by atoms with Crippen molar-refractivity contribution in [1.29, 1.82) is 0 Å². The summed E-state index contributed by atoms with van der Waals surface area (Å²) in [5, 5.41) is 3.61. The third-order valence-electron chi connectivity index (χ3n) is 3.79. The first-order chi connectivity index (χ1) is 9.74. The number of nitrogens with two attached hydrogens (primary N) is 1. The van der Waals surface area contributed by atoms with Crippen molar-refractivity contribution in [2.24, 2.45) is 5.73 Å². The van der Waals surface area contributed by atoms with Crippen LogP contribution in [0.5, 0.6) is 0 Å². The average Bonchev–Trinajstić information content (AvgIpc) is 2.85. The van der Waals surface area contributed by atoms with E-state index < -0.39 is 0 Å². The normalized spacial score (nSPS) is 12.7. The largest absolute Gasteiger partial charge is 0.327 e. The highest BCUT2D eigenvalue weighted by Gasteiger charge is 2.10. The summed E-state index contributed by atoms with van der Waals surface area (Å²) in [5.74, 6) is 0. The lowest BCUT2D eigenvalue weighted by molar-refractivity contribution is 0.666. The molecular weight excluding hydrogens is 262 g/mol. The molecule has 2 aromatic carbocycles. The van der Waals surface area contributed by atoms with Crippen molar-refractivity contribution in [2.75, 3.05) is 0 Å². The van der Waals surface area contributed by atoms with Crippen molar-refractivity contribution in [3.8, 4) is 0 Å². The van der Waals surface area contributed by atoms with E-state index >= 15 is 0 Å². The Morgan fingerprint density at radius 3 is 2.50 bits per heavy atom. The quantitative estimate of drug-likeness (QED) is 0.757. The van der Waals surface area contributed by atoms with E-state index in [0.29, 0.717) is 0 Å². The van der Waals surface area contributed by atoms with Crippen LogP contribution in [0.15, 0.2) is 53.9 Å². The number of rotatable bonds is 4. The Bertz CT molecular complexity index is 714. The average molecular weight is 281 g/mol. The Morgan fingerprint density at radius 1 is 0.950 bits per heavy atom. The third kappa shape index (κ3) is 2.77. The summed E-state index contributed by atoms with van der Waals surface area (Å²) in [7, 11) is 0. The van der Waals surface area contributed by atoms with Crippen LogP contribution < -0.4 is 5.73 Å². The third-order valence-corrected chi connectivity index (χ3v) is 4.80. The minimum absolute atomic E-state index is 0.175. The summed E-state index contributed by atoms with van der Waals surface area (Å²) in [4.78, 5) is 0. The van der Waals surface area contributed by atoms with E-state index in [1.807, 2.05) is 11.3 Å². The molecule has 0 saturated heterocycles. The summed E-state index contributed by atoms with van der Waals surface area (Å²) >= 11 is 1.81. The van der Waals surface area contributed by atoms with Gasteiger partial charge in [-0.1, -0.05) is 42.5 Å². The van der Waals surface area contributed by atoms with E-state index in [2.05, 4.69) is 60.8 Å². The lowest BCUT2D eigenvalue weighted by Gasteiger charge is -2.13. The monoisotopic (exact) mass is 281 g/mol. The van der Waals surface area contributed by atoms with Crippen molar-refractivity contribution in [1.82, 2.24) is 0 Å². The minimum atomic E-state index is 0.175. The maximum absolute atomic E-state index is 6.36. The SMILES string of the molecule is Cc1ccccc1CC(N)Cc1csc2ccccc12. The zero-order valence-corrected chi connectivity index (χ0v) is 12.5. The van der Waals surface area contributed by atoms with Gasteiger partial charge in [-0.3, -0.25) is 0 Å². The molecule has 0 aliphatic heterocycles. The van der Waals surface area contributed by atoms with Crippen LogP contribution in [0.25, 0.3) is 10.1 Å². The van der Waals surface area contributed by atoms with Crippen LogP contribution in [0, 0.1) is 6.92 Å². The number of thiophene rings is 1. The first kappa shape index (κ1) is 13.3. The zero-order chi connectivity index (χ0) is 13.9. The molecule has 102 valence electrons. The van der Waals surface area contributed by atoms with Crippen LogP contribution in [-0.2, 0) is 12.8 Å². The van der Waals surface area contributed by atoms with Gasteiger partial charge in [0.25, 0.3) is 0 Å². The molecule has 3 rings (SSSR count). The topological polar surface area (TPSA) is 26.0 Å². The van der Waals surface area contributed by atoms with E-state index in [0.717, 1.165) is 12.8 Å². The van der Waals surface area contributed by atoms with Gasteiger partial charge in [-0.2, -0.15) is 0 Å². The first-order valence-corrected chi connectivity index (χ1v) is 7.87. The second-order valence-corrected chi connectivity index (χ2v) is 6.26. The molecule has 0 fully saturated rings. The number of fused-ring (bicyclic) bond motifs is 1. The standard InChI is InChI=1S/C18H19NS/c1-13-6-2-3-7-14(13)10-16(19)11-15-12-20-18-9-5-4-8-17(15)18/h2-9,12,16H,10-11,19H2,1H3. The predicted molar refractivity (Wildman–Crippen MR) is 88.4 cm³/mol. The van der Waals surface area contributed by atoms with Gasteiger partial charge in [0.15, 0.2) is 0 Å². The van der Waals surface area contributed by atoms with Crippen molar-refractivity contribution >= 4 is 21.4 Å². The van der Waals surface area contributed by atoms with E-state index in [4.69, 9.17) is 5.73 Å². The van der Waals surface area contributed by atoms with Crippen LogP contribution >= 0.6 is 11.3 Å². The molecule has 0 bridgehead atoms. The Hall–Kier alpha value is -1.64. The predicted octanol–water partition coefficient (Wildman–Crippen LogP) is 4.32. The zero-order valence-electron chi connectivity index (χ0n) is 11.7. The van der Waals surface area contributed by atoms with E-state index in [1.165, 1.54) is 26.8 Å². The fourth-order valence-electron chi connectivity index (χ4n) is 2.67. The van der Waals surface area contributed by atoms with Crippen LogP contribution in [0.3, 0.4) is 0 Å². The second kappa shape index (κ2) is 5.78. The summed E-state index contributed by atoms with van der Waals surface area (Å²) in [5.41, 5.74) is 10.4. The van der Waals surface area contributed by atoms with Crippen LogP contribution in [0.4, 0.5) is 0 Å². The Balaban J connectivity index is 1.76. The van der Waals surface area contributed by atoms with Gasteiger partial charge in [-0.05, 0) is 53.3 Å². The van der Waals surface area contributed by atoms with Crippen LogP contribution in [-0.4, -0.2) is 6.04 Å². The molecule has 1 unspecified atom stereocenters. The molecule has 0 aliphatic carbocycles. The molecule has 1 heterocycles. The highest BCUT2D eigenvalue weighted by molar-refractivity contribution is 7.17. The number of hydrogen-bond donors (Lipinski definition) is 1. The van der Waals surface area contributed by atoms with Crippen LogP contribution in [0.2, 0.25) is 0 Å². The fourth-order valence-corrected chi connectivity index (χ4v) is 3.64. The minimum Gasteiger partial charge on any atom is -0.327 e. The molecule has 0 amide bonds. The summed E-state index contributed by atoms with van der Waals surface area (Å²) in [6.45, 7) is 2.15. The molecule has 0 spiro atoms. The van der Waals surface area contributed by atoms with Crippen molar-refractivity contribution in [3.05, 3.63) is 70.6 Å². The summed E-state index contributed by atoms with van der Waals surface area (Å²) in [6, 6.07) is 17.3. The molecular formula is C18H19NS. The molecule has 1 nitrogen and oxygen atoms in total. The van der Waals surface area contributed by atoms with E-state index in [-0.39, 0.29) is 6.04 Å². The second-order valence-electron chi connectivity index (χ2n) is 5.35. The Kier molecular flexibility index (Phi) is 3.86. The maximum Gasteiger partial charge on any atom is 0.0345 e.